The minimum Gasteiger partial charge on any atom is -0.248 e. The Kier molecular flexibility index (Phi) is 6.76. The second kappa shape index (κ2) is 11.7. The Balaban J connectivity index is 1.06. The lowest BCUT2D eigenvalue weighted by Gasteiger charge is -2.10. The first kappa shape index (κ1) is 27.8. The van der Waals surface area contributed by atoms with E-state index in [0.717, 1.165) is 72.4 Å². The summed E-state index contributed by atoms with van der Waals surface area (Å²) in [5.41, 5.74) is 10.8. The summed E-state index contributed by atoms with van der Waals surface area (Å²) < 4.78 is 0. The number of rotatable bonds is 5. The number of hydrogen-bond acceptors (Lipinski definition) is 4. The van der Waals surface area contributed by atoms with Crippen LogP contribution in [-0.2, 0) is 0 Å². The van der Waals surface area contributed by atoms with Crippen molar-refractivity contribution in [3.8, 4) is 56.4 Å². The van der Waals surface area contributed by atoms with Crippen molar-refractivity contribution in [2.45, 2.75) is 0 Å². The molecule has 0 aliphatic carbocycles. The number of pyridine rings is 2. The molecular weight excluding hydrogens is 585 g/mol. The molecule has 9 rings (SSSR count). The summed E-state index contributed by atoms with van der Waals surface area (Å²) in [7, 11) is 0. The Labute approximate surface area is 278 Å². The largest absolute Gasteiger partial charge is 0.248 e. The molecule has 6 aromatic carbocycles. The van der Waals surface area contributed by atoms with Crippen LogP contribution in [-0.4, -0.2) is 19.9 Å². The lowest BCUT2D eigenvalue weighted by molar-refractivity contribution is 1.17. The van der Waals surface area contributed by atoms with Gasteiger partial charge in [-0.1, -0.05) is 127 Å². The van der Waals surface area contributed by atoms with Gasteiger partial charge in [-0.15, -0.1) is 0 Å². The van der Waals surface area contributed by atoms with Gasteiger partial charge in [0.1, 0.15) is 0 Å². The quantitative estimate of drug-likeness (QED) is 0.194. The third kappa shape index (κ3) is 5.16. The van der Waals surface area contributed by atoms with Gasteiger partial charge in [0.2, 0.25) is 0 Å². The first-order chi connectivity index (χ1) is 23.7. The van der Waals surface area contributed by atoms with Gasteiger partial charge in [-0.2, -0.15) is 0 Å². The molecule has 0 atom stereocenters. The first-order valence-electron chi connectivity index (χ1n) is 16.1. The highest BCUT2D eigenvalue weighted by molar-refractivity contribution is 5.97. The van der Waals surface area contributed by atoms with E-state index in [2.05, 4.69) is 115 Å². The Morgan fingerprint density at radius 2 is 0.875 bits per heavy atom. The predicted octanol–water partition coefficient (Wildman–Crippen LogP) is 11.1. The molecule has 48 heavy (non-hydrogen) atoms. The molecule has 0 bridgehead atoms. The predicted molar refractivity (Wildman–Crippen MR) is 197 cm³/mol. The molecule has 0 N–H and O–H groups in total. The highest BCUT2D eigenvalue weighted by Gasteiger charge is 2.13. The van der Waals surface area contributed by atoms with Gasteiger partial charge in [-0.3, -0.25) is 0 Å². The molecular formula is C44H28N4. The summed E-state index contributed by atoms with van der Waals surface area (Å²) in [6.07, 6.45) is 0. The minimum atomic E-state index is 0.680. The zero-order chi connectivity index (χ0) is 31.9. The molecule has 0 aliphatic heterocycles. The zero-order valence-electron chi connectivity index (χ0n) is 26.0. The van der Waals surface area contributed by atoms with E-state index in [1.54, 1.807) is 0 Å². The molecule has 0 aliphatic rings. The van der Waals surface area contributed by atoms with Gasteiger partial charge in [0.05, 0.1) is 33.8 Å². The third-order valence-electron chi connectivity index (χ3n) is 8.87. The molecule has 0 amide bonds. The van der Waals surface area contributed by atoms with Crippen LogP contribution in [0.25, 0.3) is 89.0 Å². The van der Waals surface area contributed by atoms with E-state index < -0.39 is 0 Å². The Bertz CT molecular complexity index is 2550. The summed E-state index contributed by atoms with van der Waals surface area (Å²) in [6.45, 7) is 0. The smallest absolute Gasteiger partial charge is 0.160 e. The first-order valence-corrected chi connectivity index (χ1v) is 16.1. The topological polar surface area (TPSA) is 51.6 Å². The fourth-order valence-electron chi connectivity index (χ4n) is 6.40. The summed E-state index contributed by atoms with van der Waals surface area (Å²) >= 11 is 0. The van der Waals surface area contributed by atoms with Crippen molar-refractivity contribution in [3.05, 3.63) is 170 Å². The Morgan fingerprint density at radius 1 is 0.292 bits per heavy atom. The van der Waals surface area contributed by atoms with Crippen LogP contribution in [0.4, 0.5) is 0 Å². The van der Waals surface area contributed by atoms with Crippen LogP contribution in [0.3, 0.4) is 0 Å². The molecule has 0 radical (unpaired) electrons. The number of benzene rings is 6. The van der Waals surface area contributed by atoms with Crippen LogP contribution >= 0.6 is 0 Å². The van der Waals surface area contributed by atoms with Crippen molar-refractivity contribution in [1.82, 2.24) is 19.9 Å². The molecule has 4 heteroatoms. The maximum atomic E-state index is 5.06. The van der Waals surface area contributed by atoms with E-state index in [-0.39, 0.29) is 0 Å². The van der Waals surface area contributed by atoms with Crippen molar-refractivity contribution < 1.29 is 0 Å². The van der Waals surface area contributed by atoms with E-state index in [0.29, 0.717) is 5.82 Å². The van der Waals surface area contributed by atoms with Gasteiger partial charge in [0.15, 0.2) is 5.82 Å². The second-order valence-corrected chi connectivity index (χ2v) is 11.9. The van der Waals surface area contributed by atoms with Crippen LogP contribution < -0.4 is 0 Å². The third-order valence-corrected chi connectivity index (χ3v) is 8.87. The fourth-order valence-corrected chi connectivity index (χ4v) is 6.40. The number of fused-ring (bicyclic) bond motifs is 3. The average Bonchev–Trinajstić information content (AvgIpc) is 3.17. The van der Waals surface area contributed by atoms with Crippen LogP contribution in [0.5, 0.6) is 0 Å². The standard InChI is InChI=1S/C44H28N4/c1-3-11-30(12-4-1)42-28-43(48-44(47-42)31-13-5-2-6-14-31)41-25-21-35-27-33(19-23-39(35)46-41)32-18-22-38-34(26-32)20-24-40(45-38)37-17-9-15-29-10-7-8-16-36(29)37/h1-28H. The molecule has 0 saturated carbocycles. The van der Waals surface area contributed by atoms with Gasteiger partial charge in [-0.25, -0.2) is 19.9 Å². The highest BCUT2D eigenvalue weighted by Crippen LogP contribution is 2.32. The molecule has 9 aromatic rings. The van der Waals surface area contributed by atoms with Gasteiger partial charge in [-0.05, 0) is 64.4 Å². The number of hydrogen-bond donors (Lipinski definition) is 0. The summed E-state index contributed by atoms with van der Waals surface area (Å²) in [5.74, 6) is 0.680. The van der Waals surface area contributed by atoms with Crippen molar-refractivity contribution in [1.29, 1.82) is 0 Å². The molecule has 224 valence electrons. The van der Waals surface area contributed by atoms with Gasteiger partial charge in [0, 0.05) is 27.5 Å². The molecule has 4 nitrogen and oxygen atoms in total. The SMILES string of the molecule is c1ccc(-c2cc(-c3ccc4cc(-c5ccc6nc(-c7cccc8ccccc78)ccc6c5)ccc4n3)nc(-c3ccccc3)n2)cc1. The van der Waals surface area contributed by atoms with Crippen LogP contribution in [0, 0.1) is 0 Å². The average molecular weight is 613 g/mol. The lowest BCUT2D eigenvalue weighted by atomic mass is 9.99. The summed E-state index contributed by atoms with van der Waals surface area (Å²) in [5, 5.41) is 4.61. The molecule has 0 fully saturated rings. The van der Waals surface area contributed by atoms with Gasteiger partial charge >= 0.3 is 0 Å². The normalized spacial score (nSPS) is 11.3. The van der Waals surface area contributed by atoms with Crippen molar-refractivity contribution >= 4 is 32.6 Å². The van der Waals surface area contributed by atoms with E-state index in [9.17, 15) is 0 Å². The minimum absolute atomic E-state index is 0.680. The number of nitrogens with zero attached hydrogens (tertiary/aromatic N) is 4. The maximum absolute atomic E-state index is 5.06. The summed E-state index contributed by atoms with van der Waals surface area (Å²) in [4.78, 5) is 20.0. The van der Waals surface area contributed by atoms with E-state index >= 15 is 0 Å². The number of aromatic nitrogens is 4. The van der Waals surface area contributed by atoms with E-state index in [1.807, 2.05) is 54.6 Å². The van der Waals surface area contributed by atoms with Crippen LogP contribution in [0.1, 0.15) is 0 Å². The Hall–Kier alpha value is -6.52. The zero-order valence-corrected chi connectivity index (χ0v) is 26.0. The van der Waals surface area contributed by atoms with E-state index in [1.165, 1.54) is 10.8 Å². The monoisotopic (exact) mass is 612 g/mol. The van der Waals surface area contributed by atoms with Crippen LogP contribution in [0.2, 0.25) is 0 Å². The fraction of sp³-hybridized carbons (Fsp3) is 0. The molecule has 0 saturated heterocycles. The van der Waals surface area contributed by atoms with Crippen molar-refractivity contribution in [3.63, 3.8) is 0 Å². The second-order valence-electron chi connectivity index (χ2n) is 11.9. The van der Waals surface area contributed by atoms with Gasteiger partial charge in [0.25, 0.3) is 0 Å². The molecule has 3 heterocycles. The molecule has 3 aromatic heterocycles. The van der Waals surface area contributed by atoms with Crippen molar-refractivity contribution in [2.24, 2.45) is 0 Å². The van der Waals surface area contributed by atoms with Gasteiger partial charge < -0.3 is 0 Å². The lowest BCUT2D eigenvalue weighted by Crippen LogP contribution is -1.97. The summed E-state index contributed by atoms with van der Waals surface area (Å²) in [6, 6.07) is 58.6. The van der Waals surface area contributed by atoms with Crippen LogP contribution in [0.15, 0.2) is 170 Å². The Morgan fingerprint density at radius 3 is 1.60 bits per heavy atom. The molecule has 0 unspecified atom stereocenters. The highest BCUT2D eigenvalue weighted by atomic mass is 14.9. The molecule has 0 spiro atoms. The maximum Gasteiger partial charge on any atom is 0.160 e. The van der Waals surface area contributed by atoms with Crippen molar-refractivity contribution in [2.75, 3.05) is 0 Å². The van der Waals surface area contributed by atoms with E-state index in [4.69, 9.17) is 19.9 Å².